The number of methoxy groups -OCH3 is 1. The zero-order valence-electron chi connectivity index (χ0n) is 12.3. The van der Waals surface area contributed by atoms with Crippen LogP contribution in [0.4, 0.5) is 0 Å². The van der Waals surface area contributed by atoms with Crippen LogP contribution >= 0.6 is 0 Å². The van der Waals surface area contributed by atoms with E-state index < -0.39 is 23.8 Å². The average molecular weight is 304 g/mol. The first-order valence-corrected chi connectivity index (χ1v) is 6.76. The molecule has 0 bridgehead atoms. The molecule has 22 heavy (non-hydrogen) atoms. The van der Waals surface area contributed by atoms with E-state index in [9.17, 15) is 19.5 Å². The van der Waals surface area contributed by atoms with Crippen molar-refractivity contribution in [2.75, 3.05) is 7.11 Å². The van der Waals surface area contributed by atoms with Crippen LogP contribution in [0.2, 0.25) is 0 Å². The van der Waals surface area contributed by atoms with Crippen molar-refractivity contribution in [2.24, 2.45) is 0 Å². The molecule has 1 N–H and O–H groups in total. The summed E-state index contributed by atoms with van der Waals surface area (Å²) < 4.78 is 9.54. The van der Waals surface area contributed by atoms with Crippen LogP contribution in [0.15, 0.2) is 35.6 Å². The van der Waals surface area contributed by atoms with Crippen molar-refractivity contribution < 1.29 is 29.0 Å². The summed E-state index contributed by atoms with van der Waals surface area (Å²) in [4.78, 5) is 34.9. The number of aliphatic hydroxyl groups excluding tert-OH is 1. The van der Waals surface area contributed by atoms with E-state index in [1.165, 1.54) is 7.11 Å². The first-order valence-electron chi connectivity index (χ1n) is 6.76. The number of aliphatic hydroxyl groups is 1. The summed E-state index contributed by atoms with van der Waals surface area (Å²) in [7, 11) is 1.29. The lowest BCUT2D eigenvalue weighted by Gasteiger charge is -2.20. The van der Waals surface area contributed by atoms with E-state index in [0.717, 1.165) is 0 Å². The van der Waals surface area contributed by atoms with Gasteiger partial charge in [0.1, 0.15) is 17.4 Å². The highest BCUT2D eigenvalue weighted by Gasteiger charge is 2.32. The molecule has 0 amide bonds. The van der Waals surface area contributed by atoms with Crippen molar-refractivity contribution in [2.45, 2.75) is 25.9 Å². The zero-order valence-corrected chi connectivity index (χ0v) is 12.3. The number of benzene rings is 1. The summed E-state index contributed by atoms with van der Waals surface area (Å²) in [6, 6.07) is 6.32. The van der Waals surface area contributed by atoms with Gasteiger partial charge in [-0.25, -0.2) is 9.59 Å². The fourth-order valence-electron chi connectivity index (χ4n) is 2.20. The summed E-state index contributed by atoms with van der Waals surface area (Å²) in [6.07, 6.45) is -0.408. The lowest BCUT2D eigenvalue weighted by Crippen LogP contribution is -2.31. The number of cyclic esters (lactones) is 1. The Kier molecular flexibility index (Phi) is 4.60. The highest BCUT2D eigenvalue weighted by atomic mass is 16.5. The van der Waals surface area contributed by atoms with E-state index in [4.69, 9.17) is 4.74 Å². The number of esters is 2. The van der Waals surface area contributed by atoms with Gasteiger partial charge in [-0.05, 0) is 24.6 Å². The summed E-state index contributed by atoms with van der Waals surface area (Å²) in [5.74, 6) is -2.01. The Balaban J connectivity index is 2.19. The number of ether oxygens (including phenoxy) is 2. The molecule has 1 heterocycles. The van der Waals surface area contributed by atoms with E-state index in [2.05, 4.69) is 4.74 Å². The number of hydrogen-bond acceptors (Lipinski definition) is 6. The second-order valence-corrected chi connectivity index (χ2v) is 5.03. The second kappa shape index (κ2) is 6.43. The predicted molar refractivity (Wildman–Crippen MR) is 76.3 cm³/mol. The van der Waals surface area contributed by atoms with E-state index >= 15 is 0 Å². The normalized spacial score (nSPS) is 20.4. The zero-order chi connectivity index (χ0) is 16.3. The highest BCUT2D eigenvalue weighted by Crippen LogP contribution is 2.20. The molecule has 1 fully saturated rings. The third kappa shape index (κ3) is 3.33. The van der Waals surface area contributed by atoms with Crippen molar-refractivity contribution in [1.29, 1.82) is 0 Å². The van der Waals surface area contributed by atoms with Gasteiger partial charge in [0.05, 0.1) is 12.7 Å². The van der Waals surface area contributed by atoms with Crippen LogP contribution in [0.3, 0.4) is 0 Å². The number of rotatable bonds is 3. The minimum Gasteiger partial charge on any atom is -0.511 e. The van der Waals surface area contributed by atoms with Crippen LogP contribution in [0, 0.1) is 0 Å². The van der Waals surface area contributed by atoms with Crippen molar-refractivity contribution in [3.63, 3.8) is 0 Å². The number of ketones is 1. The first kappa shape index (κ1) is 15.8. The topological polar surface area (TPSA) is 89.9 Å². The molecule has 1 aliphatic rings. The first-order chi connectivity index (χ1) is 10.4. The van der Waals surface area contributed by atoms with E-state index in [1.54, 1.807) is 31.2 Å². The molecule has 0 radical (unpaired) electrons. The number of Topliss-reactive ketones (excluding diaryl/α,β-unsaturated/α-hetero) is 1. The summed E-state index contributed by atoms with van der Waals surface area (Å²) >= 11 is 0. The predicted octanol–water partition coefficient (Wildman–Crippen LogP) is 1.73. The fraction of sp³-hybridized carbons (Fsp3) is 0.312. The molecule has 1 saturated heterocycles. The van der Waals surface area contributed by atoms with Gasteiger partial charge >= 0.3 is 11.9 Å². The Morgan fingerprint density at radius 3 is 2.50 bits per heavy atom. The van der Waals surface area contributed by atoms with Crippen molar-refractivity contribution in [1.82, 2.24) is 0 Å². The Hall–Kier alpha value is -2.63. The Labute approximate surface area is 127 Å². The third-order valence-electron chi connectivity index (χ3n) is 3.30. The Morgan fingerprint density at radius 2 is 1.95 bits per heavy atom. The molecule has 2 rings (SSSR count). The SMILES string of the molecule is COC(=O)c1ccc(C/C(O)=C2/C(=O)C[C@@H](C)OC2=O)cc1. The Morgan fingerprint density at radius 1 is 1.32 bits per heavy atom. The minimum absolute atomic E-state index is 0.00596. The van der Waals surface area contributed by atoms with Crippen LogP contribution < -0.4 is 0 Å². The van der Waals surface area contributed by atoms with Crippen LogP contribution in [-0.4, -0.2) is 36.0 Å². The summed E-state index contributed by atoms with van der Waals surface area (Å²) in [5.41, 5.74) is 0.729. The molecule has 0 aliphatic carbocycles. The van der Waals surface area contributed by atoms with Gasteiger partial charge in [0, 0.05) is 12.8 Å². The smallest absolute Gasteiger partial charge is 0.345 e. The molecule has 0 saturated carbocycles. The van der Waals surface area contributed by atoms with Crippen molar-refractivity contribution in [3.8, 4) is 0 Å². The molecule has 1 aromatic carbocycles. The third-order valence-corrected chi connectivity index (χ3v) is 3.30. The molecule has 1 atom stereocenters. The fourth-order valence-corrected chi connectivity index (χ4v) is 2.20. The molecular weight excluding hydrogens is 288 g/mol. The van der Waals surface area contributed by atoms with Crippen LogP contribution in [0.1, 0.15) is 29.3 Å². The standard InChI is InChI=1S/C16H16O6/c1-9-7-12(17)14(16(20)22-9)13(18)8-10-3-5-11(6-4-10)15(19)21-2/h3-6,9,18H,7-8H2,1-2H3/b14-13+/t9-/m1/s1. The largest absolute Gasteiger partial charge is 0.511 e. The minimum atomic E-state index is -0.799. The molecule has 0 unspecified atom stereocenters. The highest BCUT2D eigenvalue weighted by molar-refractivity contribution is 6.19. The van der Waals surface area contributed by atoms with Crippen molar-refractivity contribution in [3.05, 3.63) is 46.7 Å². The molecule has 6 heteroatoms. The number of hydrogen-bond donors (Lipinski definition) is 1. The van der Waals surface area contributed by atoms with Gasteiger partial charge in [0.15, 0.2) is 5.78 Å². The molecule has 6 nitrogen and oxygen atoms in total. The van der Waals surface area contributed by atoms with Crippen LogP contribution in [-0.2, 0) is 25.5 Å². The van der Waals surface area contributed by atoms with Gasteiger partial charge in [-0.15, -0.1) is 0 Å². The number of allylic oxidation sites excluding steroid dienone is 1. The maximum absolute atomic E-state index is 11.8. The van der Waals surface area contributed by atoms with E-state index in [1.807, 2.05) is 0 Å². The lowest BCUT2D eigenvalue weighted by molar-refractivity contribution is -0.150. The molecule has 0 spiro atoms. The lowest BCUT2D eigenvalue weighted by atomic mass is 9.98. The maximum atomic E-state index is 11.8. The van der Waals surface area contributed by atoms with Gasteiger partial charge < -0.3 is 14.6 Å². The molecule has 1 aromatic rings. The monoisotopic (exact) mass is 304 g/mol. The second-order valence-electron chi connectivity index (χ2n) is 5.03. The average Bonchev–Trinajstić information content (AvgIpc) is 2.46. The molecule has 116 valence electrons. The van der Waals surface area contributed by atoms with Gasteiger partial charge in [-0.3, -0.25) is 4.79 Å². The van der Waals surface area contributed by atoms with Gasteiger partial charge in [0.25, 0.3) is 0 Å². The van der Waals surface area contributed by atoms with Gasteiger partial charge in [-0.1, -0.05) is 12.1 Å². The number of carbonyl (C=O) groups excluding carboxylic acids is 3. The Bertz CT molecular complexity index is 621. The van der Waals surface area contributed by atoms with Crippen LogP contribution in [0.5, 0.6) is 0 Å². The van der Waals surface area contributed by atoms with Gasteiger partial charge in [0.2, 0.25) is 0 Å². The summed E-state index contributed by atoms with van der Waals surface area (Å²) in [5, 5.41) is 10.0. The summed E-state index contributed by atoms with van der Waals surface area (Å²) in [6.45, 7) is 1.62. The number of carbonyl (C=O) groups is 3. The van der Waals surface area contributed by atoms with E-state index in [0.29, 0.717) is 11.1 Å². The molecule has 0 aromatic heterocycles. The van der Waals surface area contributed by atoms with Crippen LogP contribution in [0.25, 0.3) is 0 Å². The van der Waals surface area contributed by atoms with E-state index in [-0.39, 0.29) is 24.2 Å². The quantitative estimate of drug-likeness (QED) is 0.396. The molecular formula is C16H16O6. The van der Waals surface area contributed by atoms with Crippen molar-refractivity contribution >= 4 is 17.7 Å². The van der Waals surface area contributed by atoms with Gasteiger partial charge in [-0.2, -0.15) is 0 Å². The molecule has 1 aliphatic heterocycles. The maximum Gasteiger partial charge on any atom is 0.345 e.